The van der Waals surface area contributed by atoms with Gasteiger partial charge in [-0.15, -0.1) is 0 Å². The largest absolute Gasteiger partial charge is 0.388 e. The van der Waals surface area contributed by atoms with Crippen LogP contribution in [-0.2, 0) is 9.47 Å². The first-order valence-corrected chi connectivity index (χ1v) is 3.59. The highest BCUT2D eigenvalue weighted by Gasteiger charge is 2.47. The lowest BCUT2D eigenvalue weighted by atomic mass is 10.00. The smallest absolute Gasteiger partial charge is 0.175 e. The van der Waals surface area contributed by atoms with E-state index in [0.29, 0.717) is 6.61 Å². The number of ether oxygens (including phenoxy) is 2. The Labute approximate surface area is 63.7 Å². The van der Waals surface area contributed by atoms with Crippen LogP contribution in [0.1, 0.15) is 0 Å². The lowest BCUT2D eigenvalue weighted by Gasteiger charge is -2.33. The minimum Gasteiger partial charge on any atom is -0.388 e. The van der Waals surface area contributed by atoms with Gasteiger partial charge in [-0.25, -0.2) is 0 Å². The van der Waals surface area contributed by atoms with Gasteiger partial charge in [0.05, 0.1) is 12.6 Å². The molecule has 5 heteroatoms. The van der Waals surface area contributed by atoms with Gasteiger partial charge in [0.15, 0.2) is 6.29 Å². The Morgan fingerprint density at radius 1 is 1.27 bits per heavy atom. The van der Waals surface area contributed by atoms with E-state index in [2.05, 4.69) is 0 Å². The van der Waals surface area contributed by atoms with Crippen LogP contribution in [0.3, 0.4) is 0 Å². The molecular formula is C6H11NO4. The zero-order chi connectivity index (χ0) is 8.01. The maximum absolute atomic E-state index is 9.30. The van der Waals surface area contributed by atoms with Crippen molar-refractivity contribution in [2.75, 3.05) is 6.61 Å². The van der Waals surface area contributed by atoms with Crippen molar-refractivity contribution in [3.63, 3.8) is 0 Å². The second-order valence-electron chi connectivity index (χ2n) is 2.93. The first-order valence-electron chi connectivity index (χ1n) is 3.59. The lowest BCUT2D eigenvalue weighted by molar-refractivity contribution is -0.177. The number of hydrogen-bond donors (Lipinski definition) is 3. The molecule has 5 nitrogen and oxygen atoms in total. The number of fused-ring (bicyclic) bond motifs is 2. The molecule has 2 bridgehead atoms. The number of hydrogen-bond acceptors (Lipinski definition) is 5. The van der Waals surface area contributed by atoms with E-state index in [4.69, 9.17) is 15.2 Å². The first-order chi connectivity index (χ1) is 5.20. The predicted octanol–water partition coefficient (Wildman–Crippen LogP) is -2.21. The average Bonchev–Trinajstić information content (AvgIpc) is 2.44. The van der Waals surface area contributed by atoms with Crippen molar-refractivity contribution in [3.05, 3.63) is 0 Å². The molecule has 0 aliphatic carbocycles. The molecule has 11 heavy (non-hydrogen) atoms. The van der Waals surface area contributed by atoms with Crippen LogP contribution in [0, 0.1) is 0 Å². The van der Waals surface area contributed by atoms with Crippen LogP contribution >= 0.6 is 0 Å². The van der Waals surface area contributed by atoms with Crippen LogP contribution in [0.2, 0.25) is 0 Å². The van der Waals surface area contributed by atoms with Crippen molar-refractivity contribution >= 4 is 0 Å². The molecule has 2 aliphatic rings. The van der Waals surface area contributed by atoms with E-state index in [1.165, 1.54) is 0 Å². The van der Waals surface area contributed by atoms with Crippen LogP contribution in [-0.4, -0.2) is 47.5 Å². The molecule has 0 saturated carbocycles. The van der Waals surface area contributed by atoms with Gasteiger partial charge in [-0.1, -0.05) is 0 Å². The summed E-state index contributed by atoms with van der Waals surface area (Å²) < 4.78 is 10.2. The zero-order valence-electron chi connectivity index (χ0n) is 5.88. The predicted molar refractivity (Wildman–Crippen MR) is 34.6 cm³/mol. The average molecular weight is 161 g/mol. The third-order valence-electron chi connectivity index (χ3n) is 2.17. The van der Waals surface area contributed by atoms with Crippen LogP contribution in [0.4, 0.5) is 0 Å². The van der Waals surface area contributed by atoms with Crippen LogP contribution in [0.15, 0.2) is 0 Å². The quantitative estimate of drug-likeness (QED) is 0.375. The van der Waals surface area contributed by atoms with Gasteiger partial charge in [-0.05, 0) is 0 Å². The van der Waals surface area contributed by atoms with Gasteiger partial charge >= 0.3 is 0 Å². The van der Waals surface area contributed by atoms with Gasteiger partial charge in [-0.2, -0.15) is 0 Å². The molecule has 2 saturated heterocycles. The summed E-state index contributed by atoms with van der Waals surface area (Å²) >= 11 is 0. The Bertz CT molecular complexity index is 145. The highest BCUT2D eigenvalue weighted by Crippen LogP contribution is 2.26. The molecule has 0 spiro atoms. The molecule has 0 aromatic carbocycles. The van der Waals surface area contributed by atoms with Gasteiger partial charge in [0.25, 0.3) is 0 Å². The minimum absolute atomic E-state index is 0.316. The summed E-state index contributed by atoms with van der Waals surface area (Å²) in [4.78, 5) is 0. The van der Waals surface area contributed by atoms with Crippen molar-refractivity contribution in [2.24, 2.45) is 5.73 Å². The van der Waals surface area contributed by atoms with Gasteiger partial charge in [0, 0.05) is 0 Å². The molecule has 2 rings (SSSR count). The standard InChI is InChI=1S/C6H11NO4/c7-3-5(9)4(8)2-1-10-6(3)11-2/h2-6,8-9H,1,7H2. The van der Waals surface area contributed by atoms with E-state index < -0.39 is 30.6 Å². The molecule has 0 amide bonds. The number of nitrogens with two attached hydrogens (primary N) is 1. The lowest BCUT2D eigenvalue weighted by Crippen LogP contribution is -2.57. The summed E-state index contributed by atoms with van der Waals surface area (Å²) in [5.41, 5.74) is 5.49. The van der Waals surface area contributed by atoms with Crippen molar-refractivity contribution in [1.29, 1.82) is 0 Å². The summed E-state index contributed by atoms with van der Waals surface area (Å²) in [5, 5.41) is 18.6. The van der Waals surface area contributed by atoms with Gasteiger partial charge < -0.3 is 25.4 Å². The van der Waals surface area contributed by atoms with Crippen molar-refractivity contribution in [2.45, 2.75) is 30.6 Å². The first kappa shape index (κ1) is 7.45. The fourth-order valence-corrected chi connectivity index (χ4v) is 1.43. The van der Waals surface area contributed by atoms with E-state index in [1.807, 2.05) is 0 Å². The Morgan fingerprint density at radius 2 is 2.00 bits per heavy atom. The Hall–Kier alpha value is -0.200. The summed E-state index contributed by atoms with van der Waals surface area (Å²) in [6, 6.07) is -0.635. The maximum atomic E-state index is 9.30. The minimum atomic E-state index is -0.929. The topological polar surface area (TPSA) is 84.9 Å². The normalized spacial score (nSPS) is 56.5. The molecule has 2 heterocycles. The fraction of sp³-hybridized carbons (Fsp3) is 1.00. The van der Waals surface area contributed by atoms with Crippen molar-refractivity contribution in [1.82, 2.24) is 0 Å². The van der Waals surface area contributed by atoms with Crippen molar-refractivity contribution in [3.8, 4) is 0 Å². The molecule has 0 radical (unpaired) electrons. The number of aliphatic hydroxyl groups excluding tert-OH is 2. The summed E-state index contributed by atoms with van der Waals surface area (Å²) in [6.45, 7) is 0.316. The Morgan fingerprint density at radius 3 is 2.73 bits per heavy atom. The van der Waals surface area contributed by atoms with E-state index in [1.54, 1.807) is 0 Å². The highest BCUT2D eigenvalue weighted by atomic mass is 16.7. The molecule has 4 N–H and O–H groups in total. The molecule has 64 valence electrons. The highest BCUT2D eigenvalue weighted by molar-refractivity contribution is 4.94. The Kier molecular flexibility index (Phi) is 1.62. The van der Waals surface area contributed by atoms with Gasteiger partial charge in [-0.3, -0.25) is 0 Å². The maximum Gasteiger partial charge on any atom is 0.175 e. The van der Waals surface area contributed by atoms with Crippen LogP contribution < -0.4 is 5.73 Å². The Balaban J connectivity index is 2.16. The third-order valence-corrected chi connectivity index (χ3v) is 2.17. The molecule has 2 aliphatic heterocycles. The van der Waals surface area contributed by atoms with Gasteiger partial charge in [0.1, 0.15) is 18.3 Å². The fourth-order valence-electron chi connectivity index (χ4n) is 1.43. The molecule has 0 aromatic heterocycles. The summed E-state index contributed by atoms with van der Waals surface area (Å²) in [5.74, 6) is 0. The molecule has 2 fully saturated rings. The molecular weight excluding hydrogens is 150 g/mol. The van der Waals surface area contributed by atoms with Gasteiger partial charge in [0.2, 0.25) is 0 Å². The SMILES string of the molecule is NC1C2OCC(O2)C(O)C1O. The second-order valence-corrected chi connectivity index (χ2v) is 2.93. The van der Waals surface area contributed by atoms with E-state index in [9.17, 15) is 10.2 Å². The third kappa shape index (κ3) is 0.969. The van der Waals surface area contributed by atoms with E-state index >= 15 is 0 Å². The molecule has 5 atom stereocenters. The molecule has 5 unspecified atom stereocenters. The summed E-state index contributed by atoms with van der Waals surface area (Å²) in [7, 11) is 0. The van der Waals surface area contributed by atoms with Crippen molar-refractivity contribution < 1.29 is 19.7 Å². The number of rotatable bonds is 0. The van der Waals surface area contributed by atoms with Crippen LogP contribution in [0.25, 0.3) is 0 Å². The van der Waals surface area contributed by atoms with E-state index in [0.717, 1.165) is 0 Å². The zero-order valence-corrected chi connectivity index (χ0v) is 5.88. The molecule has 0 aromatic rings. The van der Waals surface area contributed by atoms with Crippen LogP contribution in [0.5, 0.6) is 0 Å². The summed E-state index contributed by atoms with van der Waals surface area (Å²) in [6.07, 6.45) is -2.79. The van der Waals surface area contributed by atoms with E-state index in [-0.39, 0.29) is 0 Å². The second kappa shape index (κ2) is 2.40. The monoisotopic (exact) mass is 161 g/mol. The number of aliphatic hydroxyl groups is 2.